The van der Waals surface area contributed by atoms with E-state index in [0.717, 1.165) is 100 Å². The predicted octanol–water partition coefficient (Wildman–Crippen LogP) is 18.1. The van der Waals surface area contributed by atoms with E-state index in [-0.39, 0.29) is 0 Å². The number of benzene rings is 8. The van der Waals surface area contributed by atoms with Gasteiger partial charge in [0.1, 0.15) is 0 Å². The van der Waals surface area contributed by atoms with Gasteiger partial charge in [0.2, 0.25) is 23.5 Å². The summed E-state index contributed by atoms with van der Waals surface area (Å²) >= 11 is 0. The Bertz CT molecular complexity index is 3230. The zero-order valence-corrected chi connectivity index (χ0v) is 38.1. The number of furan rings is 4. The molecule has 0 radical (unpaired) electrons. The number of hydrogen-bond donors (Lipinski definition) is 0. The molecule has 0 atom stereocenters. The van der Waals surface area contributed by atoms with Crippen molar-refractivity contribution in [2.75, 3.05) is 19.6 Å². The van der Waals surface area contributed by atoms with Crippen LogP contribution in [-0.4, -0.2) is 0 Å². The third kappa shape index (κ3) is 6.60. The van der Waals surface area contributed by atoms with Gasteiger partial charge in [-0.25, -0.2) is 0 Å². The number of anilines is 12. The SMILES string of the molecule is Cc1ccccc1N(c1ccco1)c1cc(N(c2ccco2)c2ccccc2C)c2ccc3c(N(c4ccco4)c4ccccc4C)cc(N(c4ccco4)c4ccccc4C)c4ccc1c2c43. The highest BCUT2D eigenvalue weighted by Crippen LogP contribution is 2.55. The molecule has 0 saturated heterocycles. The molecule has 0 saturated carbocycles. The van der Waals surface area contributed by atoms with Crippen LogP contribution in [-0.2, 0) is 0 Å². The van der Waals surface area contributed by atoms with Crippen molar-refractivity contribution in [1.82, 2.24) is 0 Å². The Kier molecular flexibility index (Phi) is 9.87. The van der Waals surface area contributed by atoms with Crippen LogP contribution in [0.4, 0.5) is 69.0 Å². The van der Waals surface area contributed by atoms with Gasteiger partial charge in [0, 0.05) is 56.6 Å². The first-order chi connectivity index (χ1) is 33.4. The second-order valence-corrected chi connectivity index (χ2v) is 17.2. The lowest BCUT2D eigenvalue weighted by Crippen LogP contribution is -2.16. The summed E-state index contributed by atoms with van der Waals surface area (Å²) in [6, 6.07) is 63.4. The van der Waals surface area contributed by atoms with Crippen molar-refractivity contribution in [1.29, 1.82) is 0 Å². The molecule has 4 aromatic heterocycles. The molecule has 8 heteroatoms. The van der Waals surface area contributed by atoms with E-state index in [0.29, 0.717) is 23.5 Å². The molecule has 0 amide bonds. The Balaban J connectivity index is 1.29. The van der Waals surface area contributed by atoms with Crippen LogP contribution in [0.1, 0.15) is 22.3 Å². The molecule has 0 spiro atoms. The second-order valence-electron chi connectivity index (χ2n) is 17.2. The fraction of sp³-hybridized carbons (Fsp3) is 0.0667. The summed E-state index contributed by atoms with van der Waals surface area (Å²) in [5.41, 5.74) is 12.1. The number of hydrogen-bond acceptors (Lipinski definition) is 8. The van der Waals surface area contributed by atoms with Gasteiger partial charge >= 0.3 is 0 Å². The van der Waals surface area contributed by atoms with Gasteiger partial charge < -0.3 is 17.7 Å². The molecule has 0 bridgehead atoms. The highest BCUT2D eigenvalue weighted by Gasteiger charge is 2.31. The Hall–Kier alpha value is -8.88. The fourth-order valence-electron chi connectivity index (χ4n) is 9.97. The van der Waals surface area contributed by atoms with Gasteiger partial charge in [0.15, 0.2) is 0 Å². The molecular weight excluding hydrogens is 841 g/mol. The van der Waals surface area contributed by atoms with Crippen molar-refractivity contribution in [2.45, 2.75) is 27.7 Å². The number of nitrogens with zero attached hydrogens (tertiary/aromatic N) is 4. The van der Waals surface area contributed by atoms with Crippen molar-refractivity contribution in [3.63, 3.8) is 0 Å². The van der Waals surface area contributed by atoms with E-state index in [2.05, 4.69) is 181 Å². The van der Waals surface area contributed by atoms with Crippen LogP contribution >= 0.6 is 0 Å². The second kappa shape index (κ2) is 16.5. The molecule has 8 aromatic carbocycles. The summed E-state index contributed by atoms with van der Waals surface area (Å²) in [4.78, 5) is 8.98. The summed E-state index contributed by atoms with van der Waals surface area (Å²) < 4.78 is 25.6. The van der Waals surface area contributed by atoms with Gasteiger partial charge in [-0.15, -0.1) is 0 Å². The maximum atomic E-state index is 6.39. The van der Waals surface area contributed by atoms with Crippen LogP contribution in [0.3, 0.4) is 0 Å². The monoisotopic (exact) mass is 886 g/mol. The van der Waals surface area contributed by atoms with Gasteiger partial charge in [0.25, 0.3) is 0 Å². The summed E-state index contributed by atoms with van der Waals surface area (Å²) in [7, 11) is 0. The molecule has 12 rings (SSSR count). The first kappa shape index (κ1) is 40.6. The Morgan fingerprint density at radius 1 is 0.250 bits per heavy atom. The van der Waals surface area contributed by atoms with E-state index in [4.69, 9.17) is 17.7 Å². The van der Waals surface area contributed by atoms with Crippen molar-refractivity contribution in [3.8, 4) is 0 Å². The highest BCUT2D eigenvalue weighted by atomic mass is 16.4. The normalized spacial score (nSPS) is 11.5. The number of rotatable bonds is 12. The molecule has 0 aliphatic carbocycles. The minimum Gasteiger partial charge on any atom is -0.448 e. The molecule has 0 fully saturated rings. The summed E-state index contributed by atoms with van der Waals surface area (Å²) in [5, 5.41) is 6.28. The molecule has 8 nitrogen and oxygen atoms in total. The molecule has 0 aliphatic rings. The van der Waals surface area contributed by atoms with E-state index in [9.17, 15) is 0 Å². The summed E-state index contributed by atoms with van der Waals surface area (Å²) in [6.07, 6.45) is 6.95. The van der Waals surface area contributed by atoms with E-state index in [1.807, 2.05) is 48.5 Å². The van der Waals surface area contributed by atoms with Crippen LogP contribution in [0, 0.1) is 27.7 Å². The van der Waals surface area contributed by atoms with Crippen LogP contribution in [0.15, 0.2) is 225 Å². The van der Waals surface area contributed by atoms with Crippen LogP contribution in [0.5, 0.6) is 0 Å². The van der Waals surface area contributed by atoms with Crippen LogP contribution in [0.25, 0.3) is 32.3 Å². The first-order valence-corrected chi connectivity index (χ1v) is 22.8. The topological polar surface area (TPSA) is 65.5 Å². The van der Waals surface area contributed by atoms with Gasteiger partial charge in [-0.3, -0.25) is 19.6 Å². The lowest BCUT2D eigenvalue weighted by atomic mass is 9.89. The minimum atomic E-state index is 0.689. The van der Waals surface area contributed by atoms with Crippen molar-refractivity contribution in [2.24, 2.45) is 0 Å². The van der Waals surface area contributed by atoms with Gasteiger partial charge in [-0.2, -0.15) is 0 Å². The lowest BCUT2D eigenvalue weighted by Gasteiger charge is -2.33. The smallest absolute Gasteiger partial charge is 0.204 e. The molecule has 0 aliphatic heterocycles. The summed E-state index contributed by atoms with van der Waals surface area (Å²) in [6.45, 7) is 8.58. The first-order valence-electron chi connectivity index (χ1n) is 22.8. The Labute approximate surface area is 394 Å². The van der Waals surface area contributed by atoms with Gasteiger partial charge in [-0.1, -0.05) is 97.1 Å². The van der Waals surface area contributed by atoms with E-state index < -0.39 is 0 Å². The maximum Gasteiger partial charge on any atom is 0.204 e. The van der Waals surface area contributed by atoms with Gasteiger partial charge in [0.05, 0.1) is 70.6 Å². The van der Waals surface area contributed by atoms with Crippen LogP contribution < -0.4 is 19.6 Å². The lowest BCUT2D eigenvalue weighted by molar-refractivity contribution is 0.573. The molecule has 0 unspecified atom stereocenters. The molecular formula is C60H46N4O4. The average molecular weight is 887 g/mol. The molecule has 12 aromatic rings. The largest absolute Gasteiger partial charge is 0.448 e. The molecule has 4 heterocycles. The van der Waals surface area contributed by atoms with Crippen molar-refractivity contribution < 1.29 is 17.7 Å². The third-order valence-corrected chi connectivity index (χ3v) is 13.1. The Morgan fingerprint density at radius 3 is 0.691 bits per heavy atom. The quantitative estimate of drug-likeness (QED) is 0.112. The van der Waals surface area contributed by atoms with E-state index in [1.54, 1.807) is 25.1 Å². The third-order valence-electron chi connectivity index (χ3n) is 13.1. The fourth-order valence-corrected chi connectivity index (χ4v) is 9.97. The standard InChI is InChI=1S/C60H46N4O4/c1-39-17-5-9-21-47(39)61(55-25-13-33-65-55)51-37-52(62(56-26-14-34-66-56)48-22-10-6-18-40(48)2)44-31-32-46-54(64(58-28-16-36-68-58)50-24-12-8-20-42(50)4)38-53(45-30-29-43(51)59(44)60(45)46)63(57-27-15-35-67-57)49-23-11-7-19-41(49)3/h5-38H,1-4H3. The zero-order valence-electron chi connectivity index (χ0n) is 38.1. The molecule has 330 valence electrons. The maximum absolute atomic E-state index is 6.39. The number of aryl methyl sites for hydroxylation is 4. The average Bonchev–Trinajstić information content (AvgIpc) is 4.23. The predicted molar refractivity (Wildman–Crippen MR) is 277 cm³/mol. The van der Waals surface area contributed by atoms with Gasteiger partial charge in [-0.05, 0) is 111 Å². The van der Waals surface area contributed by atoms with Crippen molar-refractivity contribution >= 4 is 101 Å². The molecule has 0 N–H and O–H groups in total. The molecule has 68 heavy (non-hydrogen) atoms. The highest BCUT2D eigenvalue weighted by molar-refractivity contribution is 6.33. The minimum absolute atomic E-state index is 0.689. The van der Waals surface area contributed by atoms with E-state index in [1.165, 1.54) is 0 Å². The summed E-state index contributed by atoms with van der Waals surface area (Å²) in [5.74, 6) is 2.76. The van der Waals surface area contributed by atoms with Crippen LogP contribution in [0.2, 0.25) is 0 Å². The number of para-hydroxylation sites is 4. The van der Waals surface area contributed by atoms with Crippen molar-refractivity contribution in [3.05, 3.63) is 229 Å². The Morgan fingerprint density at radius 2 is 0.485 bits per heavy atom. The van der Waals surface area contributed by atoms with E-state index >= 15 is 0 Å². The zero-order chi connectivity index (χ0) is 45.9.